The van der Waals surface area contributed by atoms with Gasteiger partial charge in [0.25, 0.3) is 0 Å². The zero-order chi connectivity index (χ0) is 12.4. The summed E-state index contributed by atoms with van der Waals surface area (Å²) in [5.41, 5.74) is 0. The number of aromatic nitrogens is 2. The van der Waals surface area contributed by atoms with Crippen molar-refractivity contribution in [3.8, 4) is 0 Å². The summed E-state index contributed by atoms with van der Waals surface area (Å²) in [6.07, 6.45) is 11.1. The van der Waals surface area contributed by atoms with Gasteiger partial charge in [-0.15, -0.1) is 0 Å². The summed E-state index contributed by atoms with van der Waals surface area (Å²) in [7, 11) is 0. The third kappa shape index (κ3) is 2.27. The molecule has 0 aromatic carbocycles. The van der Waals surface area contributed by atoms with E-state index in [1.165, 1.54) is 6.42 Å². The maximum Gasteiger partial charge on any atom is 0.237 e. The highest BCUT2D eigenvalue weighted by atomic mass is 16.2. The molecule has 5 nitrogen and oxygen atoms in total. The molecule has 2 N–H and O–H groups in total. The summed E-state index contributed by atoms with van der Waals surface area (Å²) in [5.74, 6) is 0.171. The molecule has 0 spiro atoms. The van der Waals surface area contributed by atoms with Gasteiger partial charge in [0.2, 0.25) is 5.91 Å². The van der Waals surface area contributed by atoms with Crippen LogP contribution >= 0.6 is 0 Å². The van der Waals surface area contributed by atoms with Crippen LogP contribution in [0.25, 0.3) is 0 Å². The minimum absolute atomic E-state index is 0.0223. The molecule has 0 radical (unpaired) electrons. The van der Waals surface area contributed by atoms with Crippen LogP contribution in [0.15, 0.2) is 18.7 Å². The molecule has 3 rings (SSSR count). The quantitative estimate of drug-likeness (QED) is 0.833. The van der Waals surface area contributed by atoms with Crippen LogP contribution in [-0.4, -0.2) is 34.1 Å². The predicted molar refractivity (Wildman–Crippen MR) is 68.1 cm³/mol. The van der Waals surface area contributed by atoms with Crippen molar-refractivity contribution >= 4 is 5.91 Å². The Labute approximate surface area is 107 Å². The molecule has 3 atom stereocenters. The normalized spacial score (nSPS) is 31.7. The Morgan fingerprint density at radius 2 is 2.28 bits per heavy atom. The van der Waals surface area contributed by atoms with E-state index in [9.17, 15) is 4.79 Å². The van der Waals surface area contributed by atoms with Gasteiger partial charge in [-0.2, -0.15) is 0 Å². The molecule has 2 heterocycles. The van der Waals surface area contributed by atoms with Crippen molar-refractivity contribution < 1.29 is 4.79 Å². The number of hydrogen-bond donors (Lipinski definition) is 2. The molecule has 98 valence electrons. The van der Waals surface area contributed by atoms with E-state index >= 15 is 0 Å². The third-order valence-electron chi connectivity index (χ3n) is 4.09. The van der Waals surface area contributed by atoms with Crippen LogP contribution in [0.3, 0.4) is 0 Å². The van der Waals surface area contributed by atoms with Crippen molar-refractivity contribution in [2.75, 3.05) is 6.54 Å². The maximum atomic E-state index is 12.1. The molecule has 5 heteroatoms. The fraction of sp³-hybridized carbons (Fsp3) is 0.692. The molecule has 1 aromatic rings. The lowest BCUT2D eigenvalue weighted by molar-refractivity contribution is -0.123. The number of amides is 1. The lowest BCUT2D eigenvalue weighted by atomic mass is 10.1. The SMILES string of the molecule is O=C(NC1CCCC1n1ccnc1)[C@@H]1CCCN1. The third-order valence-corrected chi connectivity index (χ3v) is 4.09. The van der Waals surface area contributed by atoms with E-state index in [-0.39, 0.29) is 18.0 Å². The van der Waals surface area contributed by atoms with E-state index in [4.69, 9.17) is 0 Å². The van der Waals surface area contributed by atoms with Crippen LogP contribution in [0.2, 0.25) is 0 Å². The molecule has 2 aliphatic rings. The summed E-state index contributed by atoms with van der Waals surface area (Å²) in [6, 6.07) is 0.654. The summed E-state index contributed by atoms with van der Waals surface area (Å²) in [5, 5.41) is 6.46. The van der Waals surface area contributed by atoms with Crippen LogP contribution in [0.5, 0.6) is 0 Å². The van der Waals surface area contributed by atoms with E-state index in [0.717, 1.165) is 32.2 Å². The number of nitrogens with one attached hydrogen (secondary N) is 2. The zero-order valence-electron chi connectivity index (χ0n) is 10.5. The molecule has 1 aliphatic heterocycles. The monoisotopic (exact) mass is 248 g/mol. The average molecular weight is 248 g/mol. The highest BCUT2D eigenvalue weighted by molar-refractivity contribution is 5.82. The van der Waals surface area contributed by atoms with Gasteiger partial charge in [0, 0.05) is 18.4 Å². The van der Waals surface area contributed by atoms with Crippen molar-refractivity contribution in [2.24, 2.45) is 0 Å². The molecule has 1 aromatic heterocycles. The minimum Gasteiger partial charge on any atom is -0.350 e. The summed E-state index contributed by atoms with van der Waals surface area (Å²) in [4.78, 5) is 16.2. The lowest BCUT2D eigenvalue weighted by Gasteiger charge is -2.23. The molecule has 18 heavy (non-hydrogen) atoms. The molecule has 2 fully saturated rings. The van der Waals surface area contributed by atoms with Gasteiger partial charge in [-0.05, 0) is 38.6 Å². The molecule has 1 amide bonds. The van der Waals surface area contributed by atoms with Crippen LogP contribution < -0.4 is 10.6 Å². The van der Waals surface area contributed by atoms with E-state index in [1.807, 2.05) is 12.5 Å². The van der Waals surface area contributed by atoms with Crippen LogP contribution in [0, 0.1) is 0 Å². The largest absolute Gasteiger partial charge is 0.350 e. The second-order valence-electron chi connectivity index (χ2n) is 5.27. The van der Waals surface area contributed by atoms with Gasteiger partial charge in [0.05, 0.1) is 18.4 Å². The summed E-state index contributed by atoms with van der Waals surface area (Å²) >= 11 is 0. The van der Waals surface area contributed by atoms with Gasteiger partial charge < -0.3 is 15.2 Å². The first-order valence-corrected chi connectivity index (χ1v) is 6.86. The lowest BCUT2D eigenvalue weighted by Crippen LogP contribution is -2.46. The van der Waals surface area contributed by atoms with E-state index < -0.39 is 0 Å². The maximum absolute atomic E-state index is 12.1. The molecule has 2 unspecified atom stereocenters. The second kappa shape index (κ2) is 5.10. The Hall–Kier alpha value is -1.36. The van der Waals surface area contributed by atoms with Gasteiger partial charge in [-0.25, -0.2) is 4.98 Å². The Balaban J connectivity index is 1.62. The molecule has 1 saturated carbocycles. The number of rotatable bonds is 3. The van der Waals surface area contributed by atoms with Crippen LogP contribution in [-0.2, 0) is 4.79 Å². The van der Waals surface area contributed by atoms with E-state index in [2.05, 4.69) is 20.2 Å². The van der Waals surface area contributed by atoms with Crippen molar-refractivity contribution in [1.29, 1.82) is 0 Å². The van der Waals surface area contributed by atoms with Crippen molar-refractivity contribution in [3.63, 3.8) is 0 Å². The van der Waals surface area contributed by atoms with E-state index in [0.29, 0.717) is 6.04 Å². The molecule has 1 saturated heterocycles. The van der Waals surface area contributed by atoms with Gasteiger partial charge >= 0.3 is 0 Å². The Morgan fingerprint density at radius 1 is 1.33 bits per heavy atom. The fourth-order valence-electron chi connectivity index (χ4n) is 3.12. The van der Waals surface area contributed by atoms with Crippen molar-refractivity contribution in [1.82, 2.24) is 20.2 Å². The summed E-state index contributed by atoms with van der Waals surface area (Å²) in [6.45, 7) is 0.966. The molecular weight excluding hydrogens is 228 g/mol. The number of hydrogen-bond acceptors (Lipinski definition) is 3. The molecular formula is C13H20N4O. The second-order valence-corrected chi connectivity index (χ2v) is 5.27. The number of carbonyl (C=O) groups excluding carboxylic acids is 1. The first-order chi connectivity index (χ1) is 8.84. The highest BCUT2D eigenvalue weighted by Crippen LogP contribution is 2.30. The Morgan fingerprint density at radius 3 is 3.00 bits per heavy atom. The average Bonchev–Trinajstić information content (AvgIpc) is 3.11. The standard InChI is InChI=1S/C13H20N4O/c18-13(11-4-2-6-15-11)16-10-3-1-5-12(10)17-8-7-14-9-17/h7-12,15H,1-6H2,(H,16,18)/t10?,11-,12?/m0/s1. The first kappa shape index (κ1) is 11.7. The van der Waals surface area contributed by atoms with Gasteiger partial charge in [-0.3, -0.25) is 4.79 Å². The number of imidazole rings is 1. The van der Waals surface area contributed by atoms with Gasteiger partial charge in [0.1, 0.15) is 0 Å². The molecule has 1 aliphatic carbocycles. The zero-order valence-corrected chi connectivity index (χ0v) is 10.5. The number of nitrogens with zero attached hydrogens (tertiary/aromatic N) is 2. The van der Waals surface area contributed by atoms with Gasteiger partial charge in [-0.1, -0.05) is 0 Å². The van der Waals surface area contributed by atoms with Crippen LogP contribution in [0.4, 0.5) is 0 Å². The fourth-order valence-corrected chi connectivity index (χ4v) is 3.12. The topological polar surface area (TPSA) is 59.0 Å². The van der Waals surface area contributed by atoms with Crippen molar-refractivity contribution in [2.45, 2.75) is 50.2 Å². The van der Waals surface area contributed by atoms with Crippen molar-refractivity contribution in [3.05, 3.63) is 18.7 Å². The van der Waals surface area contributed by atoms with E-state index in [1.54, 1.807) is 6.20 Å². The first-order valence-electron chi connectivity index (χ1n) is 6.86. The van der Waals surface area contributed by atoms with Crippen LogP contribution in [0.1, 0.15) is 38.1 Å². The Kier molecular flexibility index (Phi) is 3.32. The molecule has 0 bridgehead atoms. The number of carbonyl (C=O) groups is 1. The summed E-state index contributed by atoms with van der Waals surface area (Å²) < 4.78 is 2.13. The highest BCUT2D eigenvalue weighted by Gasteiger charge is 2.32. The van der Waals surface area contributed by atoms with Gasteiger partial charge in [0.15, 0.2) is 0 Å². The Bertz CT molecular complexity index is 397. The minimum atomic E-state index is 0.0223. The predicted octanol–water partition coefficient (Wildman–Crippen LogP) is 0.845. The smallest absolute Gasteiger partial charge is 0.237 e.